The highest BCUT2D eigenvalue weighted by atomic mass is 19.4. The Labute approximate surface area is 215 Å². The maximum atomic E-state index is 12.8. The van der Waals surface area contributed by atoms with Crippen LogP contribution in [0.3, 0.4) is 0 Å². The molecule has 1 heterocycles. The number of amides is 1. The number of halogens is 3. The minimum atomic E-state index is -5.08. The molecule has 0 radical (unpaired) electrons. The second kappa shape index (κ2) is 14.2. The first-order valence-electron chi connectivity index (χ1n) is 11.3. The van der Waals surface area contributed by atoms with E-state index in [9.17, 15) is 37.5 Å². The highest BCUT2D eigenvalue weighted by Crippen LogP contribution is 2.32. The van der Waals surface area contributed by atoms with Gasteiger partial charge in [0.15, 0.2) is 18.1 Å². The molecule has 0 aliphatic carbocycles. The molecule has 15 heteroatoms. The van der Waals surface area contributed by atoms with Crippen LogP contribution >= 0.6 is 0 Å². The molecule has 2 rings (SSSR count). The molecule has 1 atom stereocenters. The topological polar surface area (TPSA) is 180 Å². The number of rotatable bonds is 11. The van der Waals surface area contributed by atoms with Crippen LogP contribution in [-0.2, 0) is 24.0 Å². The Hall–Kier alpha value is -3.88. The van der Waals surface area contributed by atoms with Gasteiger partial charge in [0, 0.05) is 20.4 Å². The van der Waals surface area contributed by atoms with Crippen molar-refractivity contribution in [3.8, 4) is 11.5 Å². The lowest BCUT2D eigenvalue weighted by Crippen LogP contribution is -2.64. The molecule has 0 bridgehead atoms. The third kappa shape index (κ3) is 9.21. The average Bonchev–Trinajstić information content (AvgIpc) is 2.84. The first-order valence-corrected chi connectivity index (χ1v) is 11.3. The average molecular weight is 550 g/mol. The fourth-order valence-corrected chi connectivity index (χ4v) is 3.51. The second-order valence-corrected chi connectivity index (χ2v) is 8.22. The number of carboxylic acid groups (broad SMARTS) is 3. The van der Waals surface area contributed by atoms with Gasteiger partial charge in [-0.05, 0) is 50.4 Å². The summed E-state index contributed by atoms with van der Waals surface area (Å²) in [5, 5.41) is 29.1. The number of piperidine rings is 1. The maximum Gasteiger partial charge on any atom is 0.490 e. The number of nitrogens with zero attached hydrogens (tertiary/aromatic N) is 1. The van der Waals surface area contributed by atoms with Gasteiger partial charge in [0.25, 0.3) is 0 Å². The van der Waals surface area contributed by atoms with Gasteiger partial charge < -0.3 is 30.1 Å². The molecule has 0 spiro atoms. The number of Topliss-reactive ketones (excluding diaryl/α,β-unsaturated/α-hetero) is 1. The van der Waals surface area contributed by atoms with Crippen LogP contribution in [0.15, 0.2) is 24.3 Å². The molecule has 1 amide bonds. The van der Waals surface area contributed by atoms with Crippen molar-refractivity contribution in [2.45, 2.75) is 44.5 Å². The van der Waals surface area contributed by atoms with Crippen molar-refractivity contribution in [3.63, 3.8) is 0 Å². The zero-order chi connectivity index (χ0) is 29.1. The summed E-state index contributed by atoms with van der Waals surface area (Å²) < 4.78 is 42.5. The lowest BCUT2D eigenvalue weighted by molar-refractivity contribution is -0.192. The van der Waals surface area contributed by atoms with Gasteiger partial charge in [-0.25, -0.2) is 14.4 Å². The number of ketones is 1. The number of carboxylic acids is 3. The van der Waals surface area contributed by atoms with E-state index in [-0.39, 0.29) is 17.9 Å². The Morgan fingerprint density at radius 1 is 1.00 bits per heavy atom. The number of ether oxygens (including phenoxy) is 2. The third-order valence-electron chi connectivity index (χ3n) is 5.54. The number of carbonyl (C=O) groups is 5. The fraction of sp³-hybridized carbons (Fsp3) is 0.522. The normalized spacial score (nSPS) is 15.2. The van der Waals surface area contributed by atoms with E-state index in [1.807, 2.05) is 0 Å². The number of aliphatic carboxylic acids is 3. The van der Waals surface area contributed by atoms with Crippen LogP contribution < -0.4 is 14.8 Å². The molecule has 1 saturated heterocycles. The predicted molar refractivity (Wildman–Crippen MR) is 123 cm³/mol. The molecular formula is C23H29F3N2O10. The number of alkyl halides is 3. The monoisotopic (exact) mass is 550 g/mol. The molecule has 1 aliphatic heterocycles. The lowest BCUT2D eigenvalue weighted by atomic mass is 9.93. The minimum Gasteiger partial charge on any atom is -0.479 e. The standard InChI is InChI=1S/C21H28N2O8.C2HF3O2/c1-14(24)21(20(28)29,23(2)18(25)8-7-15-9-11-22-12-10-15)31-17-6-4-3-5-16(17)30-13-19(26)27;3-2(4,5)1(6)7/h3-6,15,22H,7-13H2,1-2H3,(H,26,27)(H,28,29);(H,6,7). The van der Waals surface area contributed by atoms with E-state index < -0.39 is 48.1 Å². The summed E-state index contributed by atoms with van der Waals surface area (Å²) in [6, 6.07) is 5.76. The highest BCUT2D eigenvalue weighted by molar-refractivity contribution is 6.08. The number of benzene rings is 1. The molecule has 0 saturated carbocycles. The molecule has 1 aliphatic rings. The highest BCUT2D eigenvalue weighted by Gasteiger charge is 2.53. The van der Waals surface area contributed by atoms with Crippen molar-refractivity contribution in [2.75, 3.05) is 26.7 Å². The number of hydrogen-bond donors (Lipinski definition) is 4. The first-order chi connectivity index (χ1) is 17.6. The molecule has 1 unspecified atom stereocenters. The summed E-state index contributed by atoms with van der Waals surface area (Å²) in [4.78, 5) is 58.1. The SMILES string of the molecule is CC(=O)C(Oc1ccccc1OCC(=O)O)(C(=O)O)N(C)C(=O)CCC1CCNCC1.O=C(O)C(F)(F)F. The van der Waals surface area contributed by atoms with Gasteiger partial charge in [-0.2, -0.15) is 13.2 Å². The van der Waals surface area contributed by atoms with Crippen molar-refractivity contribution in [3.05, 3.63) is 24.3 Å². The van der Waals surface area contributed by atoms with Crippen molar-refractivity contribution < 1.29 is 61.9 Å². The quantitative estimate of drug-likeness (QED) is 0.233. The van der Waals surface area contributed by atoms with Crippen LogP contribution in [0, 0.1) is 5.92 Å². The summed E-state index contributed by atoms with van der Waals surface area (Å²) in [6.07, 6.45) is -2.57. The molecular weight excluding hydrogens is 521 g/mol. The lowest BCUT2D eigenvalue weighted by Gasteiger charge is -2.36. The molecule has 1 aromatic carbocycles. The fourth-order valence-electron chi connectivity index (χ4n) is 3.51. The number of para-hydroxylation sites is 2. The van der Waals surface area contributed by atoms with E-state index in [0.717, 1.165) is 37.8 Å². The van der Waals surface area contributed by atoms with E-state index in [0.29, 0.717) is 12.3 Å². The van der Waals surface area contributed by atoms with Gasteiger partial charge in [0.2, 0.25) is 11.7 Å². The van der Waals surface area contributed by atoms with Crippen LogP contribution in [0.5, 0.6) is 11.5 Å². The van der Waals surface area contributed by atoms with Gasteiger partial charge in [-0.1, -0.05) is 12.1 Å². The summed E-state index contributed by atoms with van der Waals surface area (Å²) in [6.45, 7) is 2.08. The van der Waals surface area contributed by atoms with E-state index >= 15 is 0 Å². The van der Waals surface area contributed by atoms with Gasteiger partial charge >= 0.3 is 29.8 Å². The Balaban J connectivity index is 0.000000905. The van der Waals surface area contributed by atoms with Crippen molar-refractivity contribution in [1.82, 2.24) is 10.2 Å². The van der Waals surface area contributed by atoms with E-state index in [1.165, 1.54) is 31.3 Å². The number of nitrogens with one attached hydrogen (secondary N) is 1. The minimum absolute atomic E-state index is 0.0627. The molecule has 212 valence electrons. The largest absolute Gasteiger partial charge is 0.490 e. The summed E-state index contributed by atoms with van der Waals surface area (Å²) in [5.41, 5.74) is -2.62. The smallest absolute Gasteiger partial charge is 0.479 e. The van der Waals surface area contributed by atoms with Gasteiger partial charge in [-0.3, -0.25) is 14.5 Å². The van der Waals surface area contributed by atoms with Crippen LogP contribution in [0.4, 0.5) is 13.2 Å². The summed E-state index contributed by atoms with van der Waals surface area (Å²) in [7, 11) is 1.21. The van der Waals surface area contributed by atoms with Gasteiger partial charge in [0.05, 0.1) is 0 Å². The van der Waals surface area contributed by atoms with E-state index in [1.54, 1.807) is 0 Å². The third-order valence-corrected chi connectivity index (χ3v) is 5.54. The Morgan fingerprint density at radius 2 is 1.53 bits per heavy atom. The molecule has 1 fully saturated rings. The Kier molecular flexibility index (Phi) is 12.0. The van der Waals surface area contributed by atoms with Gasteiger partial charge in [-0.15, -0.1) is 0 Å². The number of likely N-dealkylation sites (N-methyl/N-ethyl adjacent to an activating group) is 1. The predicted octanol–water partition coefficient (Wildman–Crippen LogP) is 1.77. The Bertz CT molecular complexity index is 995. The van der Waals surface area contributed by atoms with Crippen LogP contribution in [-0.4, -0.2) is 88.5 Å². The van der Waals surface area contributed by atoms with Crippen LogP contribution in [0.1, 0.15) is 32.6 Å². The molecule has 4 N–H and O–H groups in total. The van der Waals surface area contributed by atoms with Crippen molar-refractivity contribution in [1.29, 1.82) is 0 Å². The van der Waals surface area contributed by atoms with Crippen molar-refractivity contribution in [2.24, 2.45) is 5.92 Å². The first kappa shape index (κ1) is 32.1. The molecule has 38 heavy (non-hydrogen) atoms. The zero-order valence-electron chi connectivity index (χ0n) is 20.6. The maximum absolute atomic E-state index is 12.8. The summed E-state index contributed by atoms with van der Waals surface area (Å²) in [5.74, 6) is -6.99. The Morgan fingerprint density at radius 3 is 1.97 bits per heavy atom. The van der Waals surface area contributed by atoms with Crippen molar-refractivity contribution >= 4 is 29.6 Å². The summed E-state index contributed by atoms with van der Waals surface area (Å²) >= 11 is 0. The zero-order valence-corrected chi connectivity index (χ0v) is 20.6. The molecule has 0 aromatic heterocycles. The van der Waals surface area contributed by atoms with E-state index in [2.05, 4.69) is 5.32 Å². The number of carbonyl (C=O) groups excluding carboxylic acids is 2. The molecule has 12 nitrogen and oxygen atoms in total. The second-order valence-electron chi connectivity index (χ2n) is 8.22. The van der Waals surface area contributed by atoms with Gasteiger partial charge in [0.1, 0.15) is 0 Å². The van der Waals surface area contributed by atoms with E-state index in [4.69, 9.17) is 24.5 Å². The number of hydrogen-bond acceptors (Lipinski definition) is 8. The van der Waals surface area contributed by atoms with Crippen LogP contribution in [0.2, 0.25) is 0 Å². The van der Waals surface area contributed by atoms with Crippen LogP contribution in [0.25, 0.3) is 0 Å². The molecule has 1 aromatic rings.